The van der Waals surface area contributed by atoms with Crippen molar-refractivity contribution in [2.24, 2.45) is 0 Å². The summed E-state index contributed by atoms with van der Waals surface area (Å²) in [6.45, 7) is 5.54. The highest BCUT2D eigenvalue weighted by Gasteiger charge is 2.29. The molecular formula is C20H22ClN4O+. The molecule has 1 heterocycles. The Balaban J connectivity index is 1.54. The lowest BCUT2D eigenvalue weighted by Gasteiger charge is -2.36. The van der Waals surface area contributed by atoms with Crippen LogP contribution < -0.4 is 15.1 Å². The van der Waals surface area contributed by atoms with Gasteiger partial charge in [0.05, 0.1) is 37.8 Å². The maximum atomic E-state index is 12.5. The molecule has 0 unspecified atom stereocenters. The van der Waals surface area contributed by atoms with Gasteiger partial charge in [0.1, 0.15) is 0 Å². The van der Waals surface area contributed by atoms with E-state index in [9.17, 15) is 4.79 Å². The SMILES string of the molecule is C[C@@H](C(=O)Nc1ccc(C#N)cc1)[NH+]1CCN(c2cccc(Cl)c2)CC1. The normalized spacial score (nSPS) is 16.0. The van der Waals surface area contributed by atoms with Gasteiger partial charge in [-0.05, 0) is 49.4 Å². The number of nitrogens with one attached hydrogen (secondary N) is 2. The Bertz CT molecular complexity index is 807. The molecule has 26 heavy (non-hydrogen) atoms. The van der Waals surface area contributed by atoms with Gasteiger partial charge in [0.15, 0.2) is 6.04 Å². The number of amides is 1. The molecule has 1 amide bonds. The first-order valence-electron chi connectivity index (χ1n) is 8.73. The second-order valence-corrected chi connectivity index (χ2v) is 6.96. The van der Waals surface area contributed by atoms with Crippen LogP contribution in [0.25, 0.3) is 0 Å². The van der Waals surface area contributed by atoms with Crippen LogP contribution in [-0.4, -0.2) is 38.1 Å². The highest BCUT2D eigenvalue weighted by Crippen LogP contribution is 2.19. The van der Waals surface area contributed by atoms with Crippen LogP contribution in [0.4, 0.5) is 11.4 Å². The Hall–Kier alpha value is -2.55. The van der Waals surface area contributed by atoms with Gasteiger partial charge in [-0.2, -0.15) is 5.26 Å². The van der Waals surface area contributed by atoms with E-state index in [2.05, 4.69) is 22.4 Å². The Labute approximate surface area is 158 Å². The minimum absolute atomic E-state index is 0.000846. The molecule has 5 nitrogen and oxygen atoms in total. The van der Waals surface area contributed by atoms with Gasteiger partial charge >= 0.3 is 0 Å². The van der Waals surface area contributed by atoms with E-state index in [4.69, 9.17) is 16.9 Å². The molecule has 0 radical (unpaired) electrons. The van der Waals surface area contributed by atoms with Gasteiger partial charge in [-0.3, -0.25) is 4.79 Å². The number of benzene rings is 2. The molecule has 0 spiro atoms. The lowest BCUT2D eigenvalue weighted by molar-refractivity contribution is -0.914. The maximum Gasteiger partial charge on any atom is 0.282 e. The van der Waals surface area contributed by atoms with Gasteiger partial charge in [-0.15, -0.1) is 0 Å². The van der Waals surface area contributed by atoms with Gasteiger partial charge < -0.3 is 15.1 Å². The third-order valence-electron chi connectivity index (χ3n) is 4.87. The van der Waals surface area contributed by atoms with Crippen LogP contribution in [0.5, 0.6) is 0 Å². The van der Waals surface area contributed by atoms with E-state index in [0.717, 1.165) is 42.6 Å². The molecule has 2 aromatic carbocycles. The van der Waals surface area contributed by atoms with Crippen molar-refractivity contribution in [3.05, 3.63) is 59.1 Å². The number of halogens is 1. The fourth-order valence-electron chi connectivity index (χ4n) is 3.22. The second kappa shape index (κ2) is 8.22. The molecule has 2 aromatic rings. The molecule has 1 aliphatic rings. The zero-order valence-electron chi connectivity index (χ0n) is 14.7. The standard InChI is InChI=1S/C20H21ClN4O/c1-15(20(26)23-18-7-5-16(14-22)6-8-18)24-9-11-25(12-10-24)19-4-2-3-17(21)13-19/h2-8,13,15H,9-12H2,1H3,(H,23,26)/p+1/t15-/m0/s1. The Morgan fingerprint density at radius 3 is 2.54 bits per heavy atom. The summed E-state index contributed by atoms with van der Waals surface area (Å²) in [5.74, 6) is 0.000846. The number of carbonyl (C=O) groups is 1. The Morgan fingerprint density at radius 2 is 1.92 bits per heavy atom. The van der Waals surface area contributed by atoms with Crippen molar-refractivity contribution in [1.82, 2.24) is 0 Å². The van der Waals surface area contributed by atoms with Crippen molar-refractivity contribution in [2.75, 3.05) is 36.4 Å². The molecule has 0 bridgehead atoms. The lowest BCUT2D eigenvalue weighted by Crippen LogP contribution is -3.19. The highest BCUT2D eigenvalue weighted by molar-refractivity contribution is 6.30. The van der Waals surface area contributed by atoms with E-state index in [1.165, 1.54) is 4.90 Å². The molecule has 3 rings (SSSR count). The number of anilines is 2. The van der Waals surface area contributed by atoms with Crippen molar-refractivity contribution >= 4 is 28.9 Å². The minimum Gasteiger partial charge on any atom is -0.360 e. The van der Waals surface area contributed by atoms with Crippen molar-refractivity contribution in [3.8, 4) is 6.07 Å². The van der Waals surface area contributed by atoms with E-state index in [-0.39, 0.29) is 11.9 Å². The predicted molar refractivity (Wildman–Crippen MR) is 104 cm³/mol. The summed E-state index contributed by atoms with van der Waals surface area (Å²) in [7, 11) is 0. The van der Waals surface area contributed by atoms with Crippen LogP contribution in [0.1, 0.15) is 12.5 Å². The van der Waals surface area contributed by atoms with Crippen LogP contribution in [-0.2, 0) is 4.79 Å². The number of nitrogens with zero attached hydrogens (tertiary/aromatic N) is 2. The maximum absolute atomic E-state index is 12.5. The molecule has 0 aromatic heterocycles. The quantitative estimate of drug-likeness (QED) is 0.866. The molecule has 1 fully saturated rings. The fraction of sp³-hybridized carbons (Fsp3) is 0.300. The van der Waals surface area contributed by atoms with Crippen molar-refractivity contribution in [3.63, 3.8) is 0 Å². The molecule has 2 N–H and O–H groups in total. The average Bonchev–Trinajstić information content (AvgIpc) is 2.68. The molecule has 0 aliphatic carbocycles. The minimum atomic E-state index is -0.132. The molecular weight excluding hydrogens is 348 g/mol. The summed E-state index contributed by atoms with van der Waals surface area (Å²) in [4.78, 5) is 16.1. The van der Waals surface area contributed by atoms with Crippen LogP contribution in [0.3, 0.4) is 0 Å². The number of piperazine rings is 1. The molecule has 1 saturated heterocycles. The summed E-state index contributed by atoms with van der Waals surface area (Å²) in [5, 5.41) is 12.5. The molecule has 6 heteroatoms. The van der Waals surface area contributed by atoms with Crippen molar-refractivity contribution in [2.45, 2.75) is 13.0 Å². The van der Waals surface area contributed by atoms with Gasteiger partial charge in [-0.25, -0.2) is 0 Å². The van der Waals surface area contributed by atoms with E-state index in [1.807, 2.05) is 25.1 Å². The van der Waals surface area contributed by atoms with Crippen LogP contribution in [0.2, 0.25) is 5.02 Å². The monoisotopic (exact) mass is 369 g/mol. The Kier molecular flexibility index (Phi) is 5.77. The highest BCUT2D eigenvalue weighted by atomic mass is 35.5. The Morgan fingerprint density at radius 1 is 1.23 bits per heavy atom. The van der Waals surface area contributed by atoms with Gasteiger partial charge in [0.2, 0.25) is 0 Å². The first-order chi connectivity index (χ1) is 12.6. The summed E-state index contributed by atoms with van der Waals surface area (Å²) < 4.78 is 0. The molecule has 1 aliphatic heterocycles. The molecule has 1 atom stereocenters. The smallest absolute Gasteiger partial charge is 0.282 e. The summed E-state index contributed by atoms with van der Waals surface area (Å²) in [6, 6.07) is 16.8. The zero-order valence-corrected chi connectivity index (χ0v) is 15.5. The number of hydrogen-bond donors (Lipinski definition) is 2. The van der Waals surface area contributed by atoms with Crippen LogP contribution in [0, 0.1) is 11.3 Å². The van der Waals surface area contributed by atoms with Gasteiger partial charge in [-0.1, -0.05) is 17.7 Å². The summed E-state index contributed by atoms with van der Waals surface area (Å²) in [6.07, 6.45) is 0. The van der Waals surface area contributed by atoms with Crippen LogP contribution in [0.15, 0.2) is 48.5 Å². The van der Waals surface area contributed by atoms with Crippen molar-refractivity contribution < 1.29 is 9.69 Å². The summed E-state index contributed by atoms with van der Waals surface area (Å²) >= 11 is 6.08. The van der Waals surface area contributed by atoms with Crippen molar-refractivity contribution in [1.29, 1.82) is 5.26 Å². The predicted octanol–water partition coefficient (Wildman–Crippen LogP) is 1.94. The number of rotatable bonds is 4. The molecule has 0 saturated carbocycles. The van der Waals surface area contributed by atoms with E-state index in [1.54, 1.807) is 24.3 Å². The second-order valence-electron chi connectivity index (χ2n) is 6.53. The van der Waals surface area contributed by atoms with Gasteiger partial charge in [0.25, 0.3) is 5.91 Å². The molecule has 134 valence electrons. The average molecular weight is 370 g/mol. The van der Waals surface area contributed by atoms with Crippen LogP contribution >= 0.6 is 11.6 Å². The number of nitriles is 1. The summed E-state index contributed by atoms with van der Waals surface area (Å²) in [5.41, 5.74) is 2.43. The van der Waals surface area contributed by atoms with E-state index < -0.39 is 0 Å². The van der Waals surface area contributed by atoms with E-state index >= 15 is 0 Å². The number of quaternary nitrogens is 1. The largest absolute Gasteiger partial charge is 0.360 e. The third-order valence-corrected chi connectivity index (χ3v) is 5.10. The lowest BCUT2D eigenvalue weighted by atomic mass is 10.2. The zero-order chi connectivity index (χ0) is 18.5. The van der Waals surface area contributed by atoms with Gasteiger partial charge in [0, 0.05) is 16.4 Å². The third kappa shape index (κ3) is 4.34. The fourth-order valence-corrected chi connectivity index (χ4v) is 3.41. The number of carbonyl (C=O) groups excluding carboxylic acids is 1. The van der Waals surface area contributed by atoms with E-state index in [0.29, 0.717) is 5.56 Å². The first-order valence-corrected chi connectivity index (χ1v) is 9.11. The first kappa shape index (κ1) is 18.2. The number of hydrogen-bond acceptors (Lipinski definition) is 3. The topological polar surface area (TPSA) is 60.6 Å².